The first kappa shape index (κ1) is 18.2. The highest BCUT2D eigenvalue weighted by molar-refractivity contribution is 9.10. The van der Waals surface area contributed by atoms with E-state index >= 15 is 0 Å². The van der Waals surface area contributed by atoms with Crippen molar-refractivity contribution in [2.45, 2.75) is 19.3 Å². The molecule has 0 unspecified atom stereocenters. The van der Waals surface area contributed by atoms with E-state index in [0.29, 0.717) is 0 Å². The van der Waals surface area contributed by atoms with Crippen LogP contribution in [0.2, 0.25) is 0 Å². The first-order chi connectivity index (χ1) is 14.0. The van der Waals surface area contributed by atoms with Crippen LogP contribution in [0.25, 0.3) is 22.3 Å². The SMILES string of the molecule is CC1(C)c2ccccc2-c2cc(Br)c(Nc3ccc(-c4ccccc4)cc3)cc21. The van der Waals surface area contributed by atoms with Crippen LogP contribution in [-0.2, 0) is 5.41 Å². The summed E-state index contributed by atoms with van der Waals surface area (Å²) in [5, 5.41) is 3.60. The third kappa shape index (κ3) is 3.08. The monoisotopic (exact) mass is 439 g/mol. The Morgan fingerprint density at radius 3 is 2.07 bits per heavy atom. The highest BCUT2D eigenvalue weighted by Crippen LogP contribution is 2.50. The first-order valence-corrected chi connectivity index (χ1v) is 10.7. The molecule has 1 aliphatic carbocycles. The summed E-state index contributed by atoms with van der Waals surface area (Å²) < 4.78 is 1.08. The van der Waals surface area contributed by atoms with Crippen molar-refractivity contribution in [3.63, 3.8) is 0 Å². The lowest BCUT2D eigenvalue weighted by Crippen LogP contribution is -2.15. The maximum Gasteiger partial charge on any atom is 0.0532 e. The van der Waals surface area contributed by atoms with E-state index in [1.54, 1.807) is 0 Å². The Morgan fingerprint density at radius 2 is 1.31 bits per heavy atom. The number of rotatable bonds is 3. The molecule has 0 saturated carbocycles. The van der Waals surface area contributed by atoms with Crippen molar-refractivity contribution in [2.24, 2.45) is 0 Å². The lowest BCUT2D eigenvalue weighted by Gasteiger charge is -2.22. The van der Waals surface area contributed by atoms with Gasteiger partial charge in [0, 0.05) is 15.6 Å². The summed E-state index contributed by atoms with van der Waals surface area (Å²) in [5.74, 6) is 0. The number of fused-ring (bicyclic) bond motifs is 3. The molecule has 0 radical (unpaired) electrons. The fourth-order valence-electron chi connectivity index (χ4n) is 4.35. The highest BCUT2D eigenvalue weighted by Gasteiger charge is 2.35. The van der Waals surface area contributed by atoms with Gasteiger partial charge in [-0.25, -0.2) is 0 Å². The van der Waals surface area contributed by atoms with Gasteiger partial charge in [0.25, 0.3) is 0 Å². The van der Waals surface area contributed by atoms with Crippen LogP contribution in [0.15, 0.2) is 95.5 Å². The topological polar surface area (TPSA) is 12.0 Å². The second-order valence-corrected chi connectivity index (χ2v) is 8.97. The van der Waals surface area contributed by atoms with Crippen molar-refractivity contribution in [1.29, 1.82) is 0 Å². The second kappa shape index (κ2) is 6.89. The van der Waals surface area contributed by atoms with Gasteiger partial charge in [-0.1, -0.05) is 80.6 Å². The van der Waals surface area contributed by atoms with Gasteiger partial charge in [-0.2, -0.15) is 0 Å². The van der Waals surface area contributed by atoms with Crippen LogP contribution in [0.5, 0.6) is 0 Å². The molecule has 1 nitrogen and oxygen atoms in total. The minimum atomic E-state index is 0.000222. The molecule has 0 bridgehead atoms. The fourth-order valence-corrected chi connectivity index (χ4v) is 4.79. The lowest BCUT2D eigenvalue weighted by atomic mass is 9.82. The maximum absolute atomic E-state index is 3.79. The van der Waals surface area contributed by atoms with Crippen LogP contribution < -0.4 is 5.32 Å². The van der Waals surface area contributed by atoms with Gasteiger partial charge in [-0.05, 0) is 73.6 Å². The molecule has 1 N–H and O–H groups in total. The maximum atomic E-state index is 3.79. The van der Waals surface area contributed by atoms with Crippen LogP contribution in [0.4, 0.5) is 11.4 Å². The van der Waals surface area contributed by atoms with E-state index in [1.807, 2.05) is 6.07 Å². The standard InChI is InChI=1S/C27H22BrN/c1-27(2)23-11-7-6-10-21(23)22-16-25(28)26(17-24(22)27)29-20-14-12-19(13-15-20)18-8-4-3-5-9-18/h3-17,29H,1-2H3. The second-order valence-electron chi connectivity index (χ2n) is 8.12. The van der Waals surface area contributed by atoms with Crippen LogP contribution in [-0.4, -0.2) is 0 Å². The van der Waals surface area contributed by atoms with Crippen molar-refractivity contribution in [3.8, 4) is 22.3 Å². The van der Waals surface area contributed by atoms with Gasteiger partial charge < -0.3 is 5.32 Å². The van der Waals surface area contributed by atoms with Gasteiger partial charge in [0.1, 0.15) is 0 Å². The largest absolute Gasteiger partial charge is 0.355 e. The number of hydrogen-bond donors (Lipinski definition) is 1. The lowest BCUT2D eigenvalue weighted by molar-refractivity contribution is 0.660. The molecule has 0 spiro atoms. The van der Waals surface area contributed by atoms with Gasteiger partial charge >= 0.3 is 0 Å². The Bertz CT molecular complexity index is 1190. The fraction of sp³-hybridized carbons (Fsp3) is 0.111. The van der Waals surface area contributed by atoms with Crippen LogP contribution in [0.3, 0.4) is 0 Å². The summed E-state index contributed by atoms with van der Waals surface area (Å²) in [6.07, 6.45) is 0. The first-order valence-electron chi connectivity index (χ1n) is 9.90. The molecule has 0 aliphatic heterocycles. The Labute approximate surface area is 180 Å². The van der Waals surface area contributed by atoms with Gasteiger partial charge in [-0.3, -0.25) is 0 Å². The molecule has 0 saturated heterocycles. The zero-order valence-electron chi connectivity index (χ0n) is 16.5. The molecule has 4 aromatic carbocycles. The number of hydrogen-bond acceptors (Lipinski definition) is 1. The molecule has 1 aliphatic rings. The van der Waals surface area contributed by atoms with E-state index in [-0.39, 0.29) is 5.41 Å². The molecule has 5 rings (SSSR count). The zero-order valence-corrected chi connectivity index (χ0v) is 18.1. The van der Waals surface area contributed by atoms with Crippen LogP contribution in [0, 0.1) is 0 Å². The predicted octanol–water partition coefficient (Wildman–Crippen LogP) is 8.17. The van der Waals surface area contributed by atoms with E-state index in [9.17, 15) is 0 Å². The minimum Gasteiger partial charge on any atom is -0.355 e. The van der Waals surface area contributed by atoms with E-state index in [4.69, 9.17) is 0 Å². The molecule has 4 aromatic rings. The van der Waals surface area contributed by atoms with Gasteiger partial charge in [0.15, 0.2) is 0 Å². The zero-order chi connectivity index (χ0) is 20.0. The van der Waals surface area contributed by atoms with Gasteiger partial charge in [0.2, 0.25) is 0 Å². The van der Waals surface area contributed by atoms with Crippen LogP contribution in [0.1, 0.15) is 25.0 Å². The molecule has 0 fully saturated rings. The predicted molar refractivity (Wildman–Crippen MR) is 127 cm³/mol. The van der Waals surface area contributed by atoms with E-state index < -0.39 is 0 Å². The number of benzene rings is 4. The van der Waals surface area contributed by atoms with Crippen molar-refractivity contribution in [2.75, 3.05) is 5.32 Å². The third-order valence-corrected chi connectivity index (χ3v) is 6.60. The van der Waals surface area contributed by atoms with Crippen molar-refractivity contribution >= 4 is 27.3 Å². The molecule has 0 heterocycles. The van der Waals surface area contributed by atoms with E-state index in [2.05, 4.69) is 120 Å². The average molecular weight is 440 g/mol. The Balaban J connectivity index is 1.49. The molecule has 0 amide bonds. The third-order valence-electron chi connectivity index (χ3n) is 5.94. The Kier molecular flexibility index (Phi) is 4.33. The molecule has 2 heteroatoms. The van der Waals surface area contributed by atoms with Crippen molar-refractivity contribution < 1.29 is 0 Å². The van der Waals surface area contributed by atoms with Crippen LogP contribution >= 0.6 is 15.9 Å². The number of nitrogens with one attached hydrogen (secondary N) is 1. The molecule has 29 heavy (non-hydrogen) atoms. The molecular formula is C27H22BrN. The van der Waals surface area contributed by atoms with Gasteiger partial charge in [-0.15, -0.1) is 0 Å². The Morgan fingerprint density at radius 1 is 0.655 bits per heavy atom. The highest BCUT2D eigenvalue weighted by atomic mass is 79.9. The van der Waals surface area contributed by atoms with Crippen molar-refractivity contribution in [3.05, 3.63) is 107 Å². The Hall–Kier alpha value is -2.84. The summed E-state index contributed by atoms with van der Waals surface area (Å²) in [4.78, 5) is 0. The molecule has 0 aromatic heterocycles. The van der Waals surface area contributed by atoms with E-state index in [1.165, 1.54) is 33.4 Å². The van der Waals surface area contributed by atoms with Gasteiger partial charge in [0.05, 0.1) is 5.69 Å². The summed E-state index contributed by atoms with van der Waals surface area (Å²) in [6, 6.07) is 32.4. The smallest absolute Gasteiger partial charge is 0.0532 e. The normalized spacial score (nSPS) is 13.6. The minimum absolute atomic E-state index is 0.000222. The number of halogens is 1. The quantitative estimate of drug-likeness (QED) is 0.339. The summed E-state index contributed by atoms with van der Waals surface area (Å²) in [5.41, 5.74) is 10.1. The average Bonchev–Trinajstić information content (AvgIpc) is 2.97. The summed E-state index contributed by atoms with van der Waals surface area (Å²) in [6.45, 7) is 4.62. The van der Waals surface area contributed by atoms with Crippen molar-refractivity contribution in [1.82, 2.24) is 0 Å². The molecular weight excluding hydrogens is 418 g/mol. The molecule has 0 atom stereocenters. The summed E-state index contributed by atoms with van der Waals surface area (Å²) >= 11 is 3.79. The molecule has 142 valence electrons. The number of anilines is 2. The van der Waals surface area contributed by atoms with E-state index in [0.717, 1.165) is 15.8 Å². The summed E-state index contributed by atoms with van der Waals surface area (Å²) in [7, 11) is 0.